The lowest BCUT2D eigenvalue weighted by Gasteiger charge is -2.37. The maximum atomic E-state index is 10.8. The van der Waals surface area contributed by atoms with Gasteiger partial charge in [0.1, 0.15) is 0 Å². The van der Waals surface area contributed by atoms with Crippen molar-refractivity contribution in [2.75, 3.05) is 13.2 Å². The summed E-state index contributed by atoms with van der Waals surface area (Å²) in [5, 5.41) is 8.85. The molecule has 5 heteroatoms. The minimum Gasteiger partial charge on any atom is -0.478 e. The first-order chi connectivity index (χ1) is 9.24. The number of aromatic nitrogens is 1. The van der Waals surface area contributed by atoms with Crippen molar-refractivity contribution < 1.29 is 14.6 Å². The van der Waals surface area contributed by atoms with E-state index in [9.17, 15) is 4.79 Å². The molecule has 2 heterocycles. The maximum Gasteiger partial charge on any atom is 0.337 e. The molecule has 1 aliphatic heterocycles. The van der Waals surface area contributed by atoms with E-state index in [2.05, 4.69) is 9.88 Å². The van der Waals surface area contributed by atoms with Crippen molar-refractivity contribution >= 4 is 5.97 Å². The van der Waals surface area contributed by atoms with Gasteiger partial charge in [-0.05, 0) is 31.4 Å². The van der Waals surface area contributed by atoms with Crippen LogP contribution in [0.15, 0.2) is 18.3 Å². The van der Waals surface area contributed by atoms with Gasteiger partial charge in [-0.2, -0.15) is 0 Å². The van der Waals surface area contributed by atoms with Crippen LogP contribution in [0.3, 0.4) is 0 Å². The zero-order valence-electron chi connectivity index (χ0n) is 10.8. The van der Waals surface area contributed by atoms with E-state index in [4.69, 9.17) is 9.84 Å². The number of carboxylic acid groups (broad SMARTS) is 1. The molecule has 19 heavy (non-hydrogen) atoms. The summed E-state index contributed by atoms with van der Waals surface area (Å²) in [4.78, 5) is 17.5. The van der Waals surface area contributed by atoms with Crippen molar-refractivity contribution in [1.82, 2.24) is 9.88 Å². The minimum absolute atomic E-state index is 0.240. The predicted molar refractivity (Wildman–Crippen MR) is 69.0 cm³/mol. The smallest absolute Gasteiger partial charge is 0.337 e. The maximum absolute atomic E-state index is 10.8. The second kappa shape index (κ2) is 5.27. The number of aromatic carboxylic acids is 1. The average Bonchev–Trinajstić information content (AvgIpc) is 2.89. The highest BCUT2D eigenvalue weighted by molar-refractivity contribution is 5.87. The molecule has 2 unspecified atom stereocenters. The van der Waals surface area contributed by atoms with Gasteiger partial charge in [0.2, 0.25) is 0 Å². The standard InChI is InChI=1S/C14H18N2O3/c17-14(18)10-4-5-11(15-8-10)9-16-6-7-19-13-3-1-2-12(13)16/h4-5,8,12-13H,1-3,6-7,9H2,(H,17,18). The van der Waals surface area contributed by atoms with Gasteiger partial charge in [0.05, 0.1) is 24.0 Å². The molecule has 0 bridgehead atoms. The first kappa shape index (κ1) is 12.6. The lowest BCUT2D eigenvalue weighted by molar-refractivity contribution is -0.0592. The van der Waals surface area contributed by atoms with Gasteiger partial charge in [-0.3, -0.25) is 9.88 Å². The van der Waals surface area contributed by atoms with Crippen molar-refractivity contribution in [1.29, 1.82) is 0 Å². The molecule has 1 aromatic rings. The second-order valence-corrected chi connectivity index (χ2v) is 5.22. The highest BCUT2D eigenvalue weighted by Gasteiger charge is 2.35. The molecular formula is C14H18N2O3. The molecular weight excluding hydrogens is 244 g/mol. The molecule has 0 aromatic carbocycles. The fourth-order valence-electron chi connectivity index (χ4n) is 3.05. The number of hydrogen-bond acceptors (Lipinski definition) is 4. The van der Waals surface area contributed by atoms with E-state index in [1.165, 1.54) is 19.0 Å². The van der Waals surface area contributed by atoms with Crippen LogP contribution in [-0.2, 0) is 11.3 Å². The lowest BCUT2D eigenvalue weighted by Crippen LogP contribution is -2.47. The van der Waals surface area contributed by atoms with Crippen LogP contribution in [0.2, 0.25) is 0 Å². The second-order valence-electron chi connectivity index (χ2n) is 5.22. The van der Waals surface area contributed by atoms with Crippen molar-refractivity contribution in [3.63, 3.8) is 0 Å². The van der Waals surface area contributed by atoms with Gasteiger partial charge in [0, 0.05) is 25.3 Å². The summed E-state index contributed by atoms with van der Waals surface area (Å²) in [6.07, 6.45) is 5.40. The van der Waals surface area contributed by atoms with Gasteiger partial charge >= 0.3 is 5.97 Å². The molecule has 1 saturated heterocycles. The Morgan fingerprint density at radius 1 is 1.47 bits per heavy atom. The van der Waals surface area contributed by atoms with E-state index in [-0.39, 0.29) is 5.56 Å². The van der Waals surface area contributed by atoms with Crippen LogP contribution in [0.25, 0.3) is 0 Å². The summed E-state index contributed by atoms with van der Waals surface area (Å²) in [5.41, 5.74) is 1.17. The number of rotatable bonds is 3. The molecule has 1 saturated carbocycles. The van der Waals surface area contributed by atoms with Crippen LogP contribution >= 0.6 is 0 Å². The van der Waals surface area contributed by atoms with E-state index in [0.29, 0.717) is 12.1 Å². The Hall–Kier alpha value is -1.46. The fraction of sp³-hybridized carbons (Fsp3) is 0.571. The Labute approximate surface area is 112 Å². The number of morpholine rings is 1. The third kappa shape index (κ3) is 2.62. The van der Waals surface area contributed by atoms with Crippen LogP contribution in [-0.4, -0.2) is 46.3 Å². The van der Waals surface area contributed by atoms with Gasteiger partial charge in [-0.25, -0.2) is 4.79 Å². The number of hydrogen-bond donors (Lipinski definition) is 1. The zero-order valence-corrected chi connectivity index (χ0v) is 10.8. The minimum atomic E-state index is -0.929. The molecule has 102 valence electrons. The molecule has 1 aliphatic carbocycles. The molecule has 2 atom stereocenters. The van der Waals surface area contributed by atoms with Gasteiger partial charge < -0.3 is 9.84 Å². The van der Waals surface area contributed by atoms with Gasteiger partial charge in [-0.1, -0.05) is 0 Å². The van der Waals surface area contributed by atoms with Crippen LogP contribution in [0, 0.1) is 0 Å². The van der Waals surface area contributed by atoms with E-state index in [1.54, 1.807) is 6.07 Å². The summed E-state index contributed by atoms with van der Waals surface area (Å²) >= 11 is 0. The van der Waals surface area contributed by atoms with Crippen molar-refractivity contribution in [2.45, 2.75) is 38.0 Å². The molecule has 1 N–H and O–H groups in total. The zero-order chi connectivity index (χ0) is 13.2. The summed E-state index contributed by atoms with van der Waals surface area (Å²) < 4.78 is 5.78. The van der Waals surface area contributed by atoms with Gasteiger partial charge in [0.25, 0.3) is 0 Å². The van der Waals surface area contributed by atoms with E-state index < -0.39 is 5.97 Å². The fourth-order valence-corrected chi connectivity index (χ4v) is 3.05. The van der Waals surface area contributed by atoms with Crippen molar-refractivity contribution in [2.24, 2.45) is 0 Å². The van der Waals surface area contributed by atoms with Crippen molar-refractivity contribution in [3.05, 3.63) is 29.6 Å². The number of ether oxygens (including phenoxy) is 1. The third-order valence-corrected chi connectivity index (χ3v) is 4.03. The largest absolute Gasteiger partial charge is 0.478 e. The summed E-state index contributed by atoms with van der Waals surface area (Å²) in [7, 11) is 0. The topological polar surface area (TPSA) is 62.7 Å². The van der Waals surface area contributed by atoms with E-state index >= 15 is 0 Å². The van der Waals surface area contributed by atoms with Crippen LogP contribution in [0.1, 0.15) is 35.3 Å². The molecule has 0 spiro atoms. The molecule has 2 aliphatic rings. The quantitative estimate of drug-likeness (QED) is 0.895. The summed E-state index contributed by atoms with van der Waals surface area (Å²) in [5.74, 6) is -0.929. The summed E-state index contributed by atoms with van der Waals surface area (Å²) in [6, 6.07) is 3.94. The highest BCUT2D eigenvalue weighted by Crippen LogP contribution is 2.30. The number of nitrogens with zero attached hydrogens (tertiary/aromatic N) is 2. The van der Waals surface area contributed by atoms with Gasteiger partial charge in [0.15, 0.2) is 0 Å². The first-order valence-corrected chi connectivity index (χ1v) is 6.78. The Balaban J connectivity index is 1.68. The molecule has 0 amide bonds. The Morgan fingerprint density at radius 3 is 3.11 bits per heavy atom. The monoisotopic (exact) mass is 262 g/mol. The SMILES string of the molecule is O=C(O)c1ccc(CN2CCOC3CCCC32)nc1. The first-order valence-electron chi connectivity index (χ1n) is 6.78. The predicted octanol–water partition coefficient (Wildman–Crippen LogP) is 1.53. The summed E-state index contributed by atoms with van der Waals surface area (Å²) in [6.45, 7) is 2.50. The third-order valence-electron chi connectivity index (χ3n) is 4.03. The molecule has 2 fully saturated rings. The van der Waals surface area contributed by atoms with Crippen molar-refractivity contribution in [3.8, 4) is 0 Å². The average molecular weight is 262 g/mol. The Kier molecular flexibility index (Phi) is 3.48. The van der Waals surface area contributed by atoms with E-state index in [1.807, 2.05) is 6.07 Å². The molecule has 5 nitrogen and oxygen atoms in total. The van der Waals surface area contributed by atoms with Crippen LogP contribution in [0.5, 0.6) is 0 Å². The number of fused-ring (bicyclic) bond motifs is 1. The number of pyridine rings is 1. The molecule has 3 rings (SSSR count). The number of carbonyl (C=O) groups is 1. The lowest BCUT2D eigenvalue weighted by atomic mass is 10.1. The molecule has 0 radical (unpaired) electrons. The molecule has 1 aromatic heterocycles. The van der Waals surface area contributed by atoms with Gasteiger partial charge in [-0.15, -0.1) is 0 Å². The Morgan fingerprint density at radius 2 is 2.37 bits per heavy atom. The normalized spacial score (nSPS) is 27.2. The van der Waals surface area contributed by atoms with Crippen LogP contribution < -0.4 is 0 Å². The number of carboxylic acids is 1. The highest BCUT2D eigenvalue weighted by atomic mass is 16.5. The Bertz CT molecular complexity index is 460. The van der Waals surface area contributed by atoms with Crippen LogP contribution in [0.4, 0.5) is 0 Å². The van der Waals surface area contributed by atoms with E-state index in [0.717, 1.165) is 31.8 Å².